The van der Waals surface area contributed by atoms with Gasteiger partial charge in [0, 0.05) is 0 Å². The van der Waals surface area contributed by atoms with Crippen LogP contribution in [0.3, 0.4) is 0 Å². The molecule has 0 spiro atoms. The lowest BCUT2D eigenvalue weighted by Gasteiger charge is -2.42. The molecular formula is C10H27N3Si. The van der Waals surface area contributed by atoms with Crippen LogP contribution in [0, 0.1) is 0 Å². The van der Waals surface area contributed by atoms with Crippen LogP contribution in [-0.4, -0.2) is 40.3 Å². The summed E-state index contributed by atoms with van der Waals surface area (Å²) in [6, 6.07) is 0. The number of nitrogens with one attached hydrogen (secondary N) is 2. The minimum absolute atomic E-state index is 0.720. The van der Waals surface area contributed by atoms with Crippen LogP contribution in [0.2, 0.25) is 5.54 Å². The first-order chi connectivity index (χ1) is 6.55. The Morgan fingerprint density at radius 2 is 1.50 bits per heavy atom. The highest BCUT2D eigenvalue weighted by Gasteiger charge is 2.40. The first-order valence-corrected chi connectivity index (χ1v) is 7.75. The van der Waals surface area contributed by atoms with E-state index in [1.54, 1.807) is 0 Å². The standard InChI is InChI=1S/C10H27N3Si/c1-7-10(4)14(11-8-2,12-9-3)13(5)6/h10-12H,7-9H2,1-6H3. The van der Waals surface area contributed by atoms with Gasteiger partial charge in [-0.2, -0.15) is 0 Å². The lowest BCUT2D eigenvalue weighted by Crippen LogP contribution is -2.73. The van der Waals surface area contributed by atoms with Gasteiger partial charge in [-0.3, -0.25) is 0 Å². The maximum atomic E-state index is 3.70. The van der Waals surface area contributed by atoms with Crippen LogP contribution in [0.5, 0.6) is 0 Å². The predicted molar refractivity (Wildman–Crippen MR) is 66.5 cm³/mol. The van der Waals surface area contributed by atoms with Gasteiger partial charge in [0.15, 0.2) is 0 Å². The van der Waals surface area contributed by atoms with E-state index in [1.807, 2.05) is 0 Å². The highest BCUT2D eigenvalue weighted by molar-refractivity contribution is 6.73. The van der Waals surface area contributed by atoms with Crippen LogP contribution < -0.4 is 9.96 Å². The Bertz CT molecular complexity index is 144. The molecule has 0 aromatic heterocycles. The summed E-state index contributed by atoms with van der Waals surface area (Å²) >= 11 is 0. The molecule has 4 heteroatoms. The summed E-state index contributed by atoms with van der Waals surface area (Å²) in [6.45, 7) is 11.1. The smallest absolute Gasteiger partial charge is 0.286 e. The fourth-order valence-corrected chi connectivity index (χ4v) is 6.01. The van der Waals surface area contributed by atoms with Crippen LogP contribution in [0.1, 0.15) is 34.1 Å². The molecule has 0 heterocycles. The maximum Gasteiger partial charge on any atom is 0.286 e. The molecule has 3 nitrogen and oxygen atoms in total. The lowest BCUT2D eigenvalue weighted by molar-refractivity contribution is 0.521. The summed E-state index contributed by atoms with van der Waals surface area (Å²) in [4.78, 5) is 7.40. The van der Waals surface area contributed by atoms with Gasteiger partial charge in [-0.05, 0) is 32.7 Å². The molecule has 0 aliphatic carbocycles. The summed E-state index contributed by atoms with van der Waals surface area (Å²) in [5.41, 5.74) is 0.720. The molecule has 0 amide bonds. The van der Waals surface area contributed by atoms with Crippen molar-refractivity contribution in [3.8, 4) is 0 Å². The highest BCUT2D eigenvalue weighted by atomic mass is 28.4. The molecule has 0 saturated heterocycles. The van der Waals surface area contributed by atoms with Crippen LogP contribution >= 0.6 is 0 Å². The zero-order chi connectivity index (χ0) is 11.2. The summed E-state index contributed by atoms with van der Waals surface area (Å²) in [6.07, 6.45) is 1.23. The lowest BCUT2D eigenvalue weighted by atomic mass is 10.4. The van der Waals surface area contributed by atoms with Crippen molar-refractivity contribution in [2.75, 3.05) is 27.2 Å². The van der Waals surface area contributed by atoms with E-state index in [9.17, 15) is 0 Å². The molecule has 2 N–H and O–H groups in total. The Morgan fingerprint density at radius 1 is 1.07 bits per heavy atom. The average molecular weight is 217 g/mol. The van der Waals surface area contributed by atoms with E-state index in [4.69, 9.17) is 0 Å². The molecule has 0 aliphatic rings. The summed E-state index contributed by atoms with van der Waals surface area (Å²) in [7, 11) is 2.73. The van der Waals surface area contributed by atoms with Crippen molar-refractivity contribution < 1.29 is 0 Å². The van der Waals surface area contributed by atoms with Gasteiger partial charge in [0.05, 0.1) is 0 Å². The molecule has 0 aliphatic heterocycles. The Kier molecular flexibility index (Phi) is 6.60. The quantitative estimate of drug-likeness (QED) is 0.633. The van der Waals surface area contributed by atoms with E-state index >= 15 is 0 Å². The largest absolute Gasteiger partial charge is 0.313 e. The Balaban J connectivity index is 4.72. The first-order valence-electron chi connectivity index (χ1n) is 5.72. The predicted octanol–water partition coefficient (Wildman–Crippen LogP) is 1.51. The van der Waals surface area contributed by atoms with Gasteiger partial charge in [-0.15, -0.1) is 0 Å². The Hall–Kier alpha value is 0.0969. The third kappa shape index (κ3) is 3.05. The molecule has 0 rings (SSSR count). The number of nitrogens with zero attached hydrogens (tertiary/aromatic N) is 1. The molecular weight excluding hydrogens is 190 g/mol. The molecule has 14 heavy (non-hydrogen) atoms. The fourth-order valence-electron chi connectivity index (χ4n) is 2.00. The van der Waals surface area contributed by atoms with Crippen LogP contribution in [0.4, 0.5) is 0 Å². The van der Waals surface area contributed by atoms with E-state index < -0.39 is 8.56 Å². The van der Waals surface area contributed by atoms with Crippen molar-refractivity contribution in [2.24, 2.45) is 0 Å². The zero-order valence-corrected chi connectivity index (χ0v) is 11.6. The van der Waals surface area contributed by atoms with E-state index in [0.29, 0.717) is 0 Å². The molecule has 0 bridgehead atoms. The van der Waals surface area contributed by atoms with Crippen LogP contribution in [-0.2, 0) is 0 Å². The van der Waals surface area contributed by atoms with Crippen molar-refractivity contribution in [1.29, 1.82) is 0 Å². The van der Waals surface area contributed by atoms with Gasteiger partial charge in [0.1, 0.15) is 0 Å². The molecule has 0 radical (unpaired) electrons. The number of hydrogen-bond acceptors (Lipinski definition) is 3. The first kappa shape index (κ1) is 14.1. The third-order valence-corrected chi connectivity index (χ3v) is 7.95. The van der Waals surface area contributed by atoms with Crippen LogP contribution in [0.15, 0.2) is 0 Å². The van der Waals surface area contributed by atoms with E-state index in [-0.39, 0.29) is 0 Å². The van der Waals surface area contributed by atoms with Crippen molar-refractivity contribution in [3.05, 3.63) is 0 Å². The minimum Gasteiger partial charge on any atom is -0.313 e. The third-order valence-electron chi connectivity index (χ3n) is 2.92. The molecule has 0 aromatic carbocycles. The monoisotopic (exact) mass is 217 g/mol. The van der Waals surface area contributed by atoms with Gasteiger partial charge in [-0.25, -0.2) is 0 Å². The van der Waals surface area contributed by atoms with E-state index in [0.717, 1.165) is 18.6 Å². The van der Waals surface area contributed by atoms with Gasteiger partial charge in [-0.1, -0.05) is 34.1 Å². The second-order valence-electron chi connectivity index (χ2n) is 4.03. The number of rotatable bonds is 7. The zero-order valence-electron chi connectivity index (χ0n) is 10.6. The topological polar surface area (TPSA) is 27.3 Å². The van der Waals surface area contributed by atoms with Crippen molar-refractivity contribution in [2.45, 2.75) is 39.7 Å². The molecule has 1 unspecified atom stereocenters. The van der Waals surface area contributed by atoms with Crippen molar-refractivity contribution in [3.63, 3.8) is 0 Å². The number of hydrogen-bond donors (Lipinski definition) is 2. The Labute approximate surface area is 90.5 Å². The van der Waals surface area contributed by atoms with Crippen LogP contribution in [0.25, 0.3) is 0 Å². The SMILES string of the molecule is CCN[Si](NCC)(C(C)CC)N(C)C. The minimum atomic E-state index is -1.64. The van der Waals surface area contributed by atoms with Crippen molar-refractivity contribution >= 4 is 8.56 Å². The van der Waals surface area contributed by atoms with E-state index in [2.05, 4.69) is 56.3 Å². The maximum absolute atomic E-state index is 3.70. The Morgan fingerprint density at radius 3 is 1.71 bits per heavy atom. The second-order valence-corrected chi connectivity index (χ2v) is 8.15. The van der Waals surface area contributed by atoms with Gasteiger partial charge >= 0.3 is 0 Å². The fraction of sp³-hybridized carbons (Fsp3) is 1.00. The van der Waals surface area contributed by atoms with Crippen molar-refractivity contribution in [1.82, 2.24) is 14.5 Å². The molecule has 0 aromatic rings. The molecule has 86 valence electrons. The molecule has 0 saturated carbocycles. The summed E-state index contributed by atoms with van der Waals surface area (Å²) < 4.78 is 2.38. The van der Waals surface area contributed by atoms with Gasteiger partial charge in [0.2, 0.25) is 0 Å². The average Bonchev–Trinajstić information content (AvgIpc) is 2.15. The van der Waals surface area contributed by atoms with Gasteiger partial charge < -0.3 is 14.5 Å². The normalized spacial score (nSPS) is 14.8. The summed E-state index contributed by atoms with van der Waals surface area (Å²) in [5.74, 6) is 0. The summed E-state index contributed by atoms with van der Waals surface area (Å²) in [5, 5.41) is 0. The second kappa shape index (κ2) is 6.56. The van der Waals surface area contributed by atoms with E-state index in [1.165, 1.54) is 6.42 Å². The molecule has 0 fully saturated rings. The van der Waals surface area contributed by atoms with Gasteiger partial charge in [0.25, 0.3) is 8.56 Å². The highest BCUT2D eigenvalue weighted by Crippen LogP contribution is 2.21. The molecule has 1 atom stereocenters.